The molecule has 0 aromatic carbocycles. The van der Waals surface area contributed by atoms with E-state index in [-0.39, 0.29) is 11.9 Å². The third kappa shape index (κ3) is 4.45. The quantitative estimate of drug-likeness (QED) is 0.620. The van der Waals surface area contributed by atoms with Crippen LogP contribution in [0.2, 0.25) is 0 Å². The standard InChI is InChI=1S/C18H20N4O3S/c1-12-10-20-18(26-12)21-15-9-14(5-7-19-15)17(24)22-8-6-13(11-22)3-4-16(23)25-2/h5-7,9-10H,3-4,8,11H2,1-2H3,(H,19,20,21). The van der Waals surface area contributed by atoms with Gasteiger partial charge >= 0.3 is 5.97 Å². The molecule has 0 fully saturated rings. The maximum atomic E-state index is 12.7. The highest BCUT2D eigenvalue weighted by Crippen LogP contribution is 2.22. The number of amides is 1. The van der Waals surface area contributed by atoms with Gasteiger partial charge in [-0.3, -0.25) is 9.59 Å². The molecule has 0 atom stereocenters. The minimum Gasteiger partial charge on any atom is -0.469 e. The van der Waals surface area contributed by atoms with Crippen LogP contribution in [0.3, 0.4) is 0 Å². The number of carbonyl (C=O) groups excluding carboxylic acids is 2. The molecule has 0 spiro atoms. The van der Waals surface area contributed by atoms with Gasteiger partial charge in [0.25, 0.3) is 5.91 Å². The van der Waals surface area contributed by atoms with E-state index in [9.17, 15) is 9.59 Å². The van der Waals surface area contributed by atoms with Crippen LogP contribution in [0.1, 0.15) is 28.1 Å². The first-order valence-electron chi connectivity index (χ1n) is 8.24. The van der Waals surface area contributed by atoms with Crippen LogP contribution in [0.15, 0.2) is 36.2 Å². The fourth-order valence-corrected chi connectivity index (χ4v) is 3.32. The molecule has 0 aliphatic carbocycles. The molecule has 0 unspecified atom stereocenters. The van der Waals surface area contributed by atoms with Crippen molar-refractivity contribution in [1.82, 2.24) is 14.9 Å². The molecule has 3 rings (SSSR count). The van der Waals surface area contributed by atoms with Crippen LogP contribution < -0.4 is 5.32 Å². The predicted octanol–water partition coefficient (Wildman–Crippen LogP) is 2.93. The number of aryl methyl sites for hydroxylation is 1. The number of hydrogen-bond donors (Lipinski definition) is 1. The van der Waals surface area contributed by atoms with Crippen molar-refractivity contribution in [3.05, 3.63) is 46.6 Å². The van der Waals surface area contributed by atoms with Crippen molar-refractivity contribution in [2.24, 2.45) is 0 Å². The number of hydrogen-bond acceptors (Lipinski definition) is 7. The van der Waals surface area contributed by atoms with Gasteiger partial charge < -0.3 is 15.0 Å². The van der Waals surface area contributed by atoms with E-state index in [0.717, 1.165) is 15.6 Å². The number of rotatable bonds is 6. The molecule has 2 aromatic rings. The number of pyridine rings is 1. The van der Waals surface area contributed by atoms with Crippen molar-refractivity contribution >= 4 is 34.2 Å². The van der Waals surface area contributed by atoms with Crippen LogP contribution in [0, 0.1) is 6.92 Å². The van der Waals surface area contributed by atoms with Gasteiger partial charge in [0.05, 0.1) is 7.11 Å². The lowest BCUT2D eigenvalue weighted by atomic mass is 10.1. The zero-order chi connectivity index (χ0) is 18.5. The van der Waals surface area contributed by atoms with Crippen molar-refractivity contribution in [2.75, 3.05) is 25.5 Å². The molecular formula is C18H20N4O3S. The van der Waals surface area contributed by atoms with Gasteiger partial charge in [0, 0.05) is 42.3 Å². The second-order valence-corrected chi connectivity index (χ2v) is 7.19. The van der Waals surface area contributed by atoms with Gasteiger partial charge in [-0.05, 0) is 25.5 Å². The molecule has 0 radical (unpaired) electrons. The van der Waals surface area contributed by atoms with E-state index in [2.05, 4.69) is 20.0 Å². The van der Waals surface area contributed by atoms with Crippen molar-refractivity contribution in [2.45, 2.75) is 19.8 Å². The summed E-state index contributed by atoms with van der Waals surface area (Å²) < 4.78 is 4.65. The minimum atomic E-state index is -0.238. The minimum absolute atomic E-state index is 0.0601. The molecule has 0 bridgehead atoms. The molecule has 0 saturated carbocycles. The summed E-state index contributed by atoms with van der Waals surface area (Å²) in [7, 11) is 1.38. The average Bonchev–Trinajstić information content (AvgIpc) is 3.28. The fraction of sp³-hybridized carbons (Fsp3) is 0.333. The number of anilines is 2. The third-order valence-electron chi connectivity index (χ3n) is 4.02. The summed E-state index contributed by atoms with van der Waals surface area (Å²) in [6.45, 7) is 3.06. The molecule has 1 N–H and O–H groups in total. The van der Waals surface area contributed by atoms with Crippen LogP contribution in [0.5, 0.6) is 0 Å². The van der Waals surface area contributed by atoms with E-state index >= 15 is 0 Å². The Morgan fingerprint density at radius 3 is 2.96 bits per heavy atom. The Morgan fingerprint density at radius 1 is 1.38 bits per heavy atom. The number of aromatic nitrogens is 2. The van der Waals surface area contributed by atoms with E-state index in [0.29, 0.717) is 37.3 Å². The molecule has 136 valence electrons. The normalized spacial score (nSPS) is 13.5. The monoisotopic (exact) mass is 372 g/mol. The van der Waals surface area contributed by atoms with Crippen molar-refractivity contribution in [1.29, 1.82) is 0 Å². The lowest BCUT2D eigenvalue weighted by molar-refractivity contribution is -0.140. The molecule has 7 nitrogen and oxygen atoms in total. The summed E-state index contributed by atoms with van der Waals surface area (Å²) in [5.74, 6) is 0.288. The number of nitrogens with zero attached hydrogens (tertiary/aromatic N) is 3. The molecular weight excluding hydrogens is 352 g/mol. The smallest absolute Gasteiger partial charge is 0.305 e. The zero-order valence-electron chi connectivity index (χ0n) is 14.7. The van der Waals surface area contributed by atoms with Gasteiger partial charge in [0.1, 0.15) is 5.82 Å². The van der Waals surface area contributed by atoms with Gasteiger partial charge in [-0.2, -0.15) is 0 Å². The Balaban J connectivity index is 1.60. The van der Waals surface area contributed by atoms with Crippen LogP contribution >= 0.6 is 11.3 Å². The summed E-state index contributed by atoms with van der Waals surface area (Å²) in [5, 5.41) is 3.86. The fourth-order valence-electron chi connectivity index (χ4n) is 2.65. The topological polar surface area (TPSA) is 84.4 Å². The Labute approximate surface area is 155 Å². The molecule has 3 heterocycles. The molecule has 1 aliphatic heterocycles. The highest BCUT2D eigenvalue weighted by molar-refractivity contribution is 7.15. The van der Waals surface area contributed by atoms with Crippen LogP contribution in [-0.4, -0.2) is 46.9 Å². The Morgan fingerprint density at radius 2 is 2.23 bits per heavy atom. The number of thiazole rings is 1. The van der Waals surface area contributed by atoms with Crippen LogP contribution in [0.25, 0.3) is 0 Å². The third-order valence-corrected chi connectivity index (χ3v) is 4.85. The van der Waals surface area contributed by atoms with Crippen molar-refractivity contribution < 1.29 is 14.3 Å². The van der Waals surface area contributed by atoms with E-state index < -0.39 is 0 Å². The average molecular weight is 372 g/mol. The van der Waals surface area contributed by atoms with E-state index in [1.54, 1.807) is 29.4 Å². The van der Waals surface area contributed by atoms with Gasteiger partial charge in [-0.1, -0.05) is 11.6 Å². The Bertz CT molecular complexity index is 846. The Hall–Kier alpha value is -2.74. The van der Waals surface area contributed by atoms with Gasteiger partial charge in [0.15, 0.2) is 5.13 Å². The summed E-state index contributed by atoms with van der Waals surface area (Å²) in [6.07, 6.45) is 6.34. The molecule has 8 heteroatoms. The van der Waals surface area contributed by atoms with E-state index in [4.69, 9.17) is 0 Å². The zero-order valence-corrected chi connectivity index (χ0v) is 15.5. The SMILES string of the molecule is COC(=O)CCC1=CCN(C(=O)c2ccnc(Nc3ncc(C)s3)c2)C1. The molecule has 1 aliphatic rings. The first-order chi connectivity index (χ1) is 12.5. The van der Waals surface area contributed by atoms with Crippen molar-refractivity contribution in [3.8, 4) is 0 Å². The summed E-state index contributed by atoms with van der Waals surface area (Å²) in [4.78, 5) is 35.3. The first kappa shape index (κ1) is 18.1. The number of esters is 1. The number of ether oxygens (including phenoxy) is 1. The number of nitrogens with one attached hydrogen (secondary N) is 1. The lowest BCUT2D eigenvalue weighted by Gasteiger charge is -2.17. The lowest BCUT2D eigenvalue weighted by Crippen LogP contribution is -2.29. The molecule has 26 heavy (non-hydrogen) atoms. The van der Waals surface area contributed by atoms with E-state index in [1.807, 2.05) is 13.0 Å². The second kappa shape index (κ2) is 8.09. The molecule has 2 aromatic heterocycles. The highest BCUT2D eigenvalue weighted by Gasteiger charge is 2.21. The number of methoxy groups -OCH3 is 1. The Kier molecular flexibility index (Phi) is 5.62. The van der Waals surface area contributed by atoms with Gasteiger partial charge in [-0.25, -0.2) is 9.97 Å². The highest BCUT2D eigenvalue weighted by atomic mass is 32.1. The van der Waals surface area contributed by atoms with Crippen molar-refractivity contribution in [3.63, 3.8) is 0 Å². The second-order valence-electron chi connectivity index (χ2n) is 5.96. The largest absolute Gasteiger partial charge is 0.469 e. The first-order valence-corrected chi connectivity index (χ1v) is 9.06. The molecule has 0 saturated heterocycles. The van der Waals surface area contributed by atoms with Gasteiger partial charge in [0.2, 0.25) is 0 Å². The number of carbonyl (C=O) groups is 2. The summed E-state index contributed by atoms with van der Waals surface area (Å²) >= 11 is 1.53. The predicted molar refractivity (Wildman–Crippen MR) is 99.6 cm³/mol. The maximum absolute atomic E-state index is 12.7. The van der Waals surface area contributed by atoms with E-state index in [1.165, 1.54) is 18.4 Å². The molecule has 1 amide bonds. The maximum Gasteiger partial charge on any atom is 0.305 e. The van der Waals surface area contributed by atoms with Crippen LogP contribution in [-0.2, 0) is 9.53 Å². The van der Waals surface area contributed by atoms with Gasteiger partial charge in [-0.15, -0.1) is 11.3 Å². The summed E-state index contributed by atoms with van der Waals surface area (Å²) in [5.41, 5.74) is 1.65. The van der Waals surface area contributed by atoms with Crippen LogP contribution in [0.4, 0.5) is 10.9 Å². The summed E-state index contributed by atoms with van der Waals surface area (Å²) in [6, 6.07) is 3.43.